The highest BCUT2D eigenvalue weighted by Gasteiger charge is 2.25. The molecule has 3 N–H and O–H groups in total. The Bertz CT molecular complexity index is 448. The first-order valence-corrected chi connectivity index (χ1v) is 6.79. The second kappa shape index (κ2) is 7.13. The minimum absolute atomic E-state index is 0.131. The lowest BCUT2D eigenvalue weighted by molar-refractivity contribution is -0.140. The lowest BCUT2D eigenvalue weighted by atomic mass is 9.99. The summed E-state index contributed by atoms with van der Waals surface area (Å²) < 4.78 is 0.904. The van der Waals surface area contributed by atoms with Gasteiger partial charge < -0.3 is 15.7 Å². The van der Waals surface area contributed by atoms with Crippen molar-refractivity contribution in [3.8, 4) is 0 Å². The maximum Gasteiger partial charge on any atom is 0.326 e. The molecule has 0 spiro atoms. The molecule has 1 aromatic rings. The van der Waals surface area contributed by atoms with E-state index in [9.17, 15) is 9.59 Å². The predicted octanol–water partition coefficient (Wildman–Crippen LogP) is 3.07. The summed E-state index contributed by atoms with van der Waals surface area (Å²) in [7, 11) is 0. The summed E-state index contributed by atoms with van der Waals surface area (Å²) in [4.78, 5) is 22.8. The third kappa shape index (κ3) is 4.90. The number of benzene rings is 1. The molecule has 0 aromatic heterocycles. The van der Waals surface area contributed by atoms with Crippen LogP contribution in [0.1, 0.15) is 20.3 Å². The first-order valence-electron chi connectivity index (χ1n) is 6.00. The summed E-state index contributed by atoms with van der Waals surface area (Å²) in [6.45, 7) is 3.67. The normalized spacial score (nSPS) is 13.4. The Balaban J connectivity index is 2.62. The van der Waals surface area contributed by atoms with E-state index in [1.807, 2.05) is 6.92 Å². The standard InChI is InChI=1S/C13H17BrN2O3/c1-3-8(2)11(12(17)18)16-13(19)15-10-6-4-9(14)5-7-10/h4-8,11H,3H2,1-2H3,(H,17,18)(H2,15,16,19)/t8-,11-/m1/s1. The van der Waals surface area contributed by atoms with Gasteiger partial charge in [-0.15, -0.1) is 0 Å². The number of hydrogen-bond donors (Lipinski definition) is 3. The first-order chi connectivity index (χ1) is 8.93. The molecular weight excluding hydrogens is 312 g/mol. The molecule has 0 aliphatic carbocycles. The molecule has 0 bridgehead atoms. The van der Waals surface area contributed by atoms with Crippen molar-refractivity contribution in [2.75, 3.05) is 5.32 Å². The van der Waals surface area contributed by atoms with Crippen molar-refractivity contribution in [3.63, 3.8) is 0 Å². The van der Waals surface area contributed by atoms with E-state index in [0.29, 0.717) is 12.1 Å². The number of amides is 2. The van der Waals surface area contributed by atoms with Gasteiger partial charge in [0.25, 0.3) is 0 Å². The maximum atomic E-state index is 11.7. The van der Waals surface area contributed by atoms with Crippen LogP contribution < -0.4 is 10.6 Å². The fraction of sp³-hybridized carbons (Fsp3) is 0.385. The topological polar surface area (TPSA) is 78.4 Å². The van der Waals surface area contributed by atoms with Gasteiger partial charge in [0, 0.05) is 10.2 Å². The van der Waals surface area contributed by atoms with Crippen molar-refractivity contribution >= 4 is 33.6 Å². The minimum atomic E-state index is -1.03. The average Bonchev–Trinajstić information content (AvgIpc) is 2.37. The molecule has 5 nitrogen and oxygen atoms in total. The van der Waals surface area contributed by atoms with Crippen LogP contribution in [0.5, 0.6) is 0 Å². The second-order valence-electron chi connectivity index (χ2n) is 4.31. The largest absolute Gasteiger partial charge is 0.480 e. The number of halogens is 1. The highest BCUT2D eigenvalue weighted by atomic mass is 79.9. The molecule has 2 atom stereocenters. The van der Waals surface area contributed by atoms with Gasteiger partial charge in [-0.05, 0) is 30.2 Å². The van der Waals surface area contributed by atoms with Crippen LogP contribution >= 0.6 is 15.9 Å². The van der Waals surface area contributed by atoms with Gasteiger partial charge in [-0.2, -0.15) is 0 Å². The van der Waals surface area contributed by atoms with Gasteiger partial charge >= 0.3 is 12.0 Å². The van der Waals surface area contributed by atoms with Gasteiger partial charge in [-0.1, -0.05) is 36.2 Å². The van der Waals surface area contributed by atoms with E-state index in [4.69, 9.17) is 5.11 Å². The van der Waals surface area contributed by atoms with E-state index in [1.165, 1.54) is 0 Å². The summed E-state index contributed by atoms with van der Waals surface area (Å²) in [5, 5.41) is 14.1. The molecule has 0 aliphatic rings. The van der Waals surface area contributed by atoms with Crippen molar-refractivity contribution in [3.05, 3.63) is 28.7 Å². The molecule has 2 amide bonds. The second-order valence-corrected chi connectivity index (χ2v) is 5.22. The zero-order chi connectivity index (χ0) is 14.4. The number of hydrogen-bond acceptors (Lipinski definition) is 2. The van der Waals surface area contributed by atoms with Crippen molar-refractivity contribution in [2.24, 2.45) is 5.92 Å². The van der Waals surface area contributed by atoms with Crippen LogP contribution in [-0.2, 0) is 4.79 Å². The van der Waals surface area contributed by atoms with Crippen molar-refractivity contribution in [1.82, 2.24) is 5.32 Å². The van der Waals surface area contributed by atoms with Gasteiger partial charge in [0.15, 0.2) is 0 Å². The van der Waals surface area contributed by atoms with E-state index >= 15 is 0 Å². The third-order valence-electron chi connectivity index (χ3n) is 2.87. The Morgan fingerprint density at radius 2 is 1.89 bits per heavy atom. The summed E-state index contributed by atoms with van der Waals surface area (Å²) >= 11 is 3.29. The molecule has 0 radical (unpaired) electrons. The number of urea groups is 1. The van der Waals surface area contributed by atoms with Crippen molar-refractivity contribution < 1.29 is 14.7 Å². The van der Waals surface area contributed by atoms with E-state index in [0.717, 1.165) is 4.47 Å². The number of rotatable bonds is 5. The van der Waals surface area contributed by atoms with Gasteiger partial charge in [0.2, 0.25) is 0 Å². The lowest BCUT2D eigenvalue weighted by Gasteiger charge is -2.20. The fourth-order valence-electron chi connectivity index (χ4n) is 1.52. The Morgan fingerprint density at radius 1 is 1.32 bits per heavy atom. The fourth-order valence-corrected chi connectivity index (χ4v) is 1.79. The lowest BCUT2D eigenvalue weighted by Crippen LogP contribution is -2.46. The van der Waals surface area contributed by atoms with E-state index in [-0.39, 0.29) is 5.92 Å². The van der Waals surface area contributed by atoms with Crippen LogP contribution in [0.25, 0.3) is 0 Å². The van der Waals surface area contributed by atoms with Crippen LogP contribution in [0, 0.1) is 5.92 Å². The number of aliphatic carboxylic acids is 1. The van der Waals surface area contributed by atoms with Crippen LogP contribution in [0.15, 0.2) is 28.7 Å². The Kier molecular flexibility index (Phi) is 5.82. The number of carbonyl (C=O) groups excluding carboxylic acids is 1. The van der Waals surface area contributed by atoms with Crippen molar-refractivity contribution in [1.29, 1.82) is 0 Å². The zero-order valence-electron chi connectivity index (χ0n) is 10.8. The predicted molar refractivity (Wildman–Crippen MR) is 77.2 cm³/mol. The van der Waals surface area contributed by atoms with Crippen LogP contribution in [-0.4, -0.2) is 23.1 Å². The van der Waals surface area contributed by atoms with E-state index in [2.05, 4.69) is 26.6 Å². The molecule has 104 valence electrons. The highest BCUT2D eigenvalue weighted by molar-refractivity contribution is 9.10. The van der Waals surface area contributed by atoms with E-state index in [1.54, 1.807) is 31.2 Å². The summed E-state index contributed by atoms with van der Waals surface area (Å²) in [5.41, 5.74) is 0.606. The average molecular weight is 329 g/mol. The number of anilines is 1. The monoisotopic (exact) mass is 328 g/mol. The number of nitrogens with one attached hydrogen (secondary N) is 2. The molecule has 0 aliphatic heterocycles. The molecule has 0 saturated carbocycles. The number of carboxylic acids is 1. The Labute approximate surface area is 120 Å². The first kappa shape index (κ1) is 15.5. The number of carbonyl (C=O) groups is 2. The summed E-state index contributed by atoms with van der Waals surface area (Å²) in [5.74, 6) is -1.16. The van der Waals surface area contributed by atoms with Crippen molar-refractivity contribution in [2.45, 2.75) is 26.3 Å². The number of carboxylic acid groups (broad SMARTS) is 1. The summed E-state index contributed by atoms with van der Waals surface area (Å²) in [6, 6.07) is 5.62. The Hall–Kier alpha value is -1.56. The summed E-state index contributed by atoms with van der Waals surface area (Å²) in [6.07, 6.45) is 0.676. The zero-order valence-corrected chi connectivity index (χ0v) is 12.4. The Morgan fingerprint density at radius 3 is 2.37 bits per heavy atom. The van der Waals surface area contributed by atoms with E-state index < -0.39 is 18.0 Å². The van der Waals surface area contributed by atoms with Crippen LogP contribution in [0.2, 0.25) is 0 Å². The molecule has 0 unspecified atom stereocenters. The van der Waals surface area contributed by atoms with Gasteiger partial charge in [0.1, 0.15) is 6.04 Å². The quantitative estimate of drug-likeness (QED) is 0.777. The molecule has 1 rings (SSSR count). The SMILES string of the molecule is CC[C@@H](C)[C@@H](NC(=O)Nc1ccc(Br)cc1)C(=O)O. The van der Waals surface area contributed by atoms with Crippen LogP contribution in [0.4, 0.5) is 10.5 Å². The molecule has 0 heterocycles. The van der Waals surface area contributed by atoms with Gasteiger partial charge in [-0.25, -0.2) is 9.59 Å². The minimum Gasteiger partial charge on any atom is -0.480 e. The molecular formula is C13H17BrN2O3. The molecule has 19 heavy (non-hydrogen) atoms. The molecule has 6 heteroatoms. The third-order valence-corrected chi connectivity index (χ3v) is 3.40. The van der Waals surface area contributed by atoms with Crippen LogP contribution in [0.3, 0.4) is 0 Å². The maximum absolute atomic E-state index is 11.7. The highest BCUT2D eigenvalue weighted by Crippen LogP contribution is 2.14. The van der Waals surface area contributed by atoms with Gasteiger partial charge in [-0.3, -0.25) is 0 Å². The molecule has 0 fully saturated rings. The smallest absolute Gasteiger partial charge is 0.326 e. The molecule has 0 saturated heterocycles. The van der Waals surface area contributed by atoms with Gasteiger partial charge in [0.05, 0.1) is 0 Å². The molecule has 1 aromatic carbocycles.